The van der Waals surface area contributed by atoms with Crippen LogP contribution in [0.3, 0.4) is 0 Å². The van der Waals surface area contributed by atoms with Gasteiger partial charge in [0, 0.05) is 31.9 Å². The minimum atomic E-state index is -1.44. The number of rotatable bonds is 11. The maximum absolute atomic E-state index is 14.7. The summed E-state index contributed by atoms with van der Waals surface area (Å²) in [5.41, 5.74) is -1.49. The number of amides is 1. The van der Waals surface area contributed by atoms with Gasteiger partial charge in [0.15, 0.2) is 0 Å². The average molecular weight is 642 g/mol. The number of fused-ring (bicyclic) bond motifs is 1. The Kier molecular flexibility index (Phi) is 10.1. The van der Waals surface area contributed by atoms with Crippen molar-refractivity contribution in [2.24, 2.45) is 0 Å². The Balaban J connectivity index is 1.75. The first kappa shape index (κ1) is 32.9. The molecule has 2 atom stereocenters. The van der Waals surface area contributed by atoms with Crippen LogP contribution in [-0.4, -0.2) is 72.0 Å². The molecule has 0 spiro atoms. The minimum absolute atomic E-state index is 0.0211. The fraction of sp³-hybridized carbons (Fsp3) is 0.576. The third-order valence-corrected chi connectivity index (χ3v) is 10.4. The van der Waals surface area contributed by atoms with Crippen molar-refractivity contribution in [1.82, 2.24) is 14.0 Å². The molecule has 0 bridgehead atoms. The van der Waals surface area contributed by atoms with Gasteiger partial charge in [0.1, 0.15) is 27.1 Å². The van der Waals surface area contributed by atoms with Crippen molar-refractivity contribution >= 4 is 33.4 Å². The predicted molar refractivity (Wildman–Crippen MR) is 171 cm³/mol. The van der Waals surface area contributed by atoms with Crippen LogP contribution < -0.4 is 16.0 Å². The highest BCUT2D eigenvalue weighted by molar-refractivity contribution is 7.20. The van der Waals surface area contributed by atoms with Crippen molar-refractivity contribution in [2.45, 2.75) is 84.1 Å². The van der Waals surface area contributed by atoms with Crippen molar-refractivity contribution in [1.29, 1.82) is 0 Å². The highest BCUT2D eigenvalue weighted by Gasteiger charge is 2.42. The molecule has 1 amide bonds. The number of ether oxygens (including phenoxy) is 4. The third-order valence-electron chi connectivity index (χ3n) is 9.07. The van der Waals surface area contributed by atoms with Crippen molar-refractivity contribution in [2.75, 3.05) is 40.0 Å². The van der Waals surface area contributed by atoms with E-state index in [1.54, 1.807) is 32.8 Å². The summed E-state index contributed by atoms with van der Waals surface area (Å²) in [5, 5.41) is 0.224. The quantitative estimate of drug-likeness (QED) is 0.283. The standard InChI is InChI=1S/C33H43N3O8S/c1-6-33(4,31(39)34-16-10-11-17-34)36-28(37)26-21(3)27(30(38)43-7-2)45-29(26)35(32(36)40)20-25(44-22-14-18-42-19-15-22)23-12-8-9-13-24(23)41-5/h8-9,12-13,22,25H,6-7,10-11,14-20H2,1-5H3/t25-,33?/m0/s1. The number of esters is 1. The van der Waals surface area contributed by atoms with E-state index in [1.165, 1.54) is 4.57 Å². The molecule has 0 N–H and O–H groups in total. The topological polar surface area (TPSA) is 118 Å². The first-order chi connectivity index (χ1) is 21.7. The van der Waals surface area contributed by atoms with E-state index < -0.39 is 28.9 Å². The number of aryl methyl sites for hydroxylation is 1. The second-order valence-electron chi connectivity index (χ2n) is 11.8. The minimum Gasteiger partial charge on any atom is -0.496 e. The molecule has 12 heteroatoms. The van der Waals surface area contributed by atoms with Gasteiger partial charge in [0.25, 0.3) is 5.56 Å². The lowest BCUT2D eigenvalue weighted by molar-refractivity contribution is -0.139. The average Bonchev–Trinajstić information content (AvgIpc) is 3.71. The highest BCUT2D eigenvalue weighted by Crippen LogP contribution is 2.35. The van der Waals surface area contributed by atoms with Crippen LogP contribution >= 0.6 is 11.3 Å². The molecule has 2 aliphatic heterocycles. The third kappa shape index (κ3) is 6.19. The molecule has 1 aromatic carbocycles. The lowest BCUT2D eigenvalue weighted by atomic mass is 9.96. The summed E-state index contributed by atoms with van der Waals surface area (Å²) in [6.45, 7) is 9.36. The Hall–Kier alpha value is -3.48. The van der Waals surface area contributed by atoms with E-state index in [4.69, 9.17) is 18.9 Å². The van der Waals surface area contributed by atoms with Gasteiger partial charge in [-0.15, -0.1) is 11.3 Å². The molecule has 0 aliphatic carbocycles. The number of thiophene rings is 1. The van der Waals surface area contributed by atoms with Crippen LogP contribution in [0.2, 0.25) is 0 Å². The summed E-state index contributed by atoms with van der Waals surface area (Å²) < 4.78 is 25.9. The number of methoxy groups -OCH3 is 1. The van der Waals surface area contributed by atoms with Crippen LogP contribution in [0.25, 0.3) is 10.2 Å². The van der Waals surface area contributed by atoms with Crippen molar-refractivity contribution < 1.29 is 28.5 Å². The van der Waals surface area contributed by atoms with Gasteiger partial charge < -0.3 is 23.8 Å². The maximum Gasteiger partial charge on any atom is 0.348 e. The Bertz CT molecular complexity index is 1660. The molecule has 5 rings (SSSR count). The zero-order chi connectivity index (χ0) is 32.3. The number of benzene rings is 1. The summed E-state index contributed by atoms with van der Waals surface area (Å²) in [4.78, 5) is 58.4. The Morgan fingerprint density at radius 1 is 1.11 bits per heavy atom. The molecule has 45 heavy (non-hydrogen) atoms. The van der Waals surface area contributed by atoms with Gasteiger partial charge in [-0.25, -0.2) is 14.2 Å². The number of hydrogen-bond donors (Lipinski definition) is 0. The zero-order valence-electron chi connectivity index (χ0n) is 26.8. The number of nitrogens with zero attached hydrogens (tertiary/aromatic N) is 3. The molecule has 4 heterocycles. The molecular formula is C33H43N3O8S. The van der Waals surface area contributed by atoms with Gasteiger partial charge in [-0.2, -0.15) is 0 Å². The Morgan fingerprint density at radius 3 is 2.44 bits per heavy atom. The number of likely N-dealkylation sites (tertiary alicyclic amines) is 1. The van der Waals surface area contributed by atoms with E-state index in [-0.39, 0.29) is 41.8 Å². The van der Waals surface area contributed by atoms with Gasteiger partial charge in [-0.1, -0.05) is 25.1 Å². The normalized spacial score (nSPS) is 17.8. The monoisotopic (exact) mass is 641 g/mol. The van der Waals surface area contributed by atoms with Crippen molar-refractivity contribution in [3.05, 3.63) is 61.1 Å². The van der Waals surface area contributed by atoms with Crippen LogP contribution in [0.4, 0.5) is 0 Å². The van der Waals surface area contributed by atoms with Crippen molar-refractivity contribution in [3.8, 4) is 5.75 Å². The Morgan fingerprint density at radius 2 is 1.80 bits per heavy atom. The van der Waals surface area contributed by atoms with Crippen LogP contribution in [-0.2, 0) is 31.1 Å². The number of hydrogen-bond acceptors (Lipinski definition) is 9. The van der Waals surface area contributed by atoms with Crippen LogP contribution in [0.5, 0.6) is 5.75 Å². The molecule has 2 aromatic heterocycles. The van der Waals surface area contributed by atoms with E-state index in [0.717, 1.165) is 34.3 Å². The molecule has 2 saturated heterocycles. The van der Waals surface area contributed by atoms with E-state index in [1.807, 2.05) is 31.2 Å². The summed E-state index contributed by atoms with van der Waals surface area (Å²) in [6.07, 6.45) is 2.60. The molecule has 1 unspecified atom stereocenters. The first-order valence-electron chi connectivity index (χ1n) is 15.8. The SMILES string of the molecule is CCOC(=O)c1sc2c(c1C)c(=O)n(C(C)(CC)C(=O)N1CCCC1)c(=O)n2C[C@H](OC1CCOCC1)c1ccccc1OC. The predicted octanol–water partition coefficient (Wildman–Crippen LogP) is 4.40. The van der Waals surface area contributed by atoms with E-state index in [0.29, 0.717) is 55.3 Å². The summed E-state index contributed by atoms with van der Waals surface area (Å²) in [6, 6.07) is 7.49. The number of para-hydroxylation sites is 1. The van der Waals surface area contributed by atoms with Gasteiger partial charge in [-0.3, -0.25) is 14.2 Å². The summed E-state index contributed by atoms with van der Waals surface area (Å²) >= 11 is 1.05. The molecule has 244 valence electrons. The maximum atomic E-state index is 14.7. The van der Waals surface area contributed by atoms with Gasteiger partial charge in [0.05, 0.1) is 31.8 Å². The van der Waals surface area contributed by atoms with Crippen LogP contribution in [0, 0.1) is 6.92 Å². The second kappa shape index (κ2) is 13.9. The molecule has 0 saturated carbocycles. The zero-order valence-corrected chi connectivity index (χ0v) is 27.6. The molecule has 2 fully saturated rings. The van der Waals surface area contributed by atoms with Gasteiger partial charge >= 0.3 is 11.7 Å². The second-order valence-corrected chi connectivity index (χ2v) is 12.8. The fourth-order valence-corrected chi connectivity index (χ4v) is 7.55. The molecule has 11 nitrogen and oxygen atoms in total. The van der Waals surface area contributed by atoms with Crippen LogP contribution in [0.1, 0.15) is 79.8 Å². The van der Waals surface area contributed by atoms with Gasteiger partial charge in [0.2, 0.25) is 5.91 Å². The summed E-state index contributed by atoms with van der Waals surface area (Å²) in [7, 11) is 1.58. The smallest absolute Gasteiger partial charge is 0.348 e. The molecule has 2 aliphatic rings. The van der Waals surface area contributed by atoms with E-state index in [2.05, 4.69) is 0 Å². The van der Waals surface area contributed by atoms with E-state index in [9.17, 15) is 19.2 Å². The largest absolute Gasteiger partial charge is 0.496 e. The number of carbonyl (C=O) groups excluding carboxylic acids is 2. The first-order valence-corrected chi connectivity index (χ1v) is 16.6. The molecular weight excluding hydrogens is 598 g/mol. The van der Waals surface area contributed by atoms with E-state index >= 15 is 0 Å². The fourth-order valence-electron chi connectivity index (χ4n) is 6.36. The van der Waals surface area contributed by atoms with Gasteiger partial charge in [-0.05, 0) is 64.5 Å². The highest BCUT2D eigenvalue weighted by atomic mass is 32.1. The lowest BCUT2D eigenvalue weighted by Gasteiger charge is -2.34. The Labute approximate surface area is 266 Å². The molecule has 3 aromatic rings. The van der Waals surface area contributed by atoms with Crippen LogP contribution in [0.15, 0.2) is 33.9 Å². The lowest BCUT2D eigenvalue weighted by Crippen LogP contribution is -2.57. The number of carbonyl (C=O) groups is 2. The molecule has 0 radical (unpaired) electrons. The summed E-state index contributed by atoms with van der Waals surface area (Å²) in [5.74, 6) is -0.220. The van der Waals surface area contributed by atoms with Crippen molar-refractivity contribution in [3.63, 3.8) is 0 Å². The number of aromatic nitrogens is 2.